The Hall–Kier alpha value is -2.34. The van der Waals surface area contributed by atoms with Crippen LogP contribution in [0.2, 0.25) is 0 Å². The average Bonchev–Trinajstić information content (AvgIpc) is 2.92. The number of rotatable bonds is 2. The number of aryl methyl sites for hydroxylation is 1. The van der Waals surface area contributed by atoms with Crippen LogP contribution in [0.25, 0.3) is 11.8 Å². The van der Waals surface area contributed by atoms with Crippen molar-refractivity contribution in [2.45, 2.75) is 13.8 Å². The van der Waals surface area contributed by atoms with Crippen molar-refractivity contribution in [2.75, 3.05) is 7.05 Å². The van der Waals surface area contributed by atoms with Crippen molar-refractivity contribution in [1.82, 2.24) is 14.8 Å². The lowest BCUT2D eigenvalue weighted by molar-refractivity contribution is -0.121. The minimum atomic E-state index is -0.402. The fourth-order valence-electron chi connectivity index (χ4n) is 2.72. The van der Waals surface area contributed by atoms with E-state index < -0.39 is 6.03 Å². The maximum atomic E-state index is 12.0. The molecule has 2 aromatic rings. The van der Waals surface area contributed by atoms with E-state index in [4.69, 9.17) is 0 Å². The first-order chi connectivity index (χ1) is 10.9. The second-order valence-corrected chi connectivity index (χ2v) is 6.32. The van der Waals surface area contributed by atoms with E-state index in [0.717, 1.165) is 32.0 Å². The largest absolute Gasteiger partial charge is 0.328 e. The number of carbonyl (C=O) groups excluding carboxylic acids is 2. The predicted molar refractivity (Wildman–Crippen MR) is 92.2 cm³/mol. The Bertz CT molecular complexity index is 852. The number of benzene rings is 1. The van der Waals surface area contributed by atoms with E-state index in [-0.39, 0.29) is 5.91 Å². The molecule has 0 atom stereocenters. The molecule has 23 heavy (non-hydrogen) atoms. The first-order valence-corrected chi connectivity index (χ1v) is 7.94. The number of hydrogen-bond acceptors (Lipinski definition) is 2. The van der Waals surface area contributed by atoms with Gasteiger partial charge in [0.05, 0.1) is 5.69 Å². The lowest BCUT2D eigenvalue weighted by Crippen LogP contribution is -2.25. The zero-order valence-electron chi connectivity index (χ0n) is 13.1. The van der Waals surface area contributed by atoms with Gasteiger partial charge in [0.15, 0.2) is 0 Å². The fraction of sp³-hybridized carbons (Fsp3) is 0.176. The molecule has 1 aromatic carbocycles. The maximum Gasteiger partial charge on any atom is 0.328 e. The molecule has 0 radical (unpaired) electrons. The Morgan fingerprint density at radius 3 is 2.48 bits per heavy atom. The molecule has 1 aliphatic heterocycles. The monoisotopic (exact) mass is 373 g/mol. The molecule has 1 aliphatic rings. The fourth-order valence-corrected chi connectivity index (χ4v) is 3.18. The molecule has 1 aromatic heterocycles. The van der Waals surface area contributed by atoms with Crippen LogP contribution < -0.4 is 5.32 Å². The van der Waals surface area contributed by atoms with Crippen LogP contribution in [0.1, 0.15) is 17.0 Å². The summed E-state index contributed by atoms with van der Waals surface area (Å²) in [7, 11) is 1.46. The first kappa shape index (κ1) is 15.6. The van der Waals surface area contributed by atoms with E-state index in [0.29, 0.717) is 5.70 Å². The molecule has 1 N–H and O–H groups in total. The number of imide groups is 1. The number of hydrogen-bond donors (Lipinski definition) is 1. The summed E-state index contributed by atoms with van der Waals surface area (Å²) in [6.07, 6.45) is 1.72. The number of amides is 3. The number of aromatic nitrogens is 1. The van der Waals surface area contributed by atoms with Crippen LogP contribution in [0, 0.1) is 13.8 Å². The lowest BCUT2D eigenvalue weighted by atomic mass is 10.2. The zero-order chi connectivity index (χ0) is 16.7. The molecule has 2 heterocycles. The Labute approximate surface area is 142 Å². The topological polar surface area (TPSA) is 54.3 Å². The van der Waals surface area contributed by atoms with Crippen molar-refractivity contribution in [2.24, 2.45) is 0 Å². The zero-order valence-corrected chi connectivity index (χ0v) is 14.6. The van der Waals surface area contributed by atoms with E-state index >= 15 is 0 Å². The number of para-hydroxylation sites is 1. The molecule has 3 amide bonds. The SMILES string of the molecule is Cc1cc(/C=C2/NC(=O)N(C)C2=O)c(C)n1-c1ccccc1Br. The molecule has 3 rings (SSSR count). The second kappa shape index (κ2) is 5.70. The van der Waals surface area contributed by atoms with E-state index in [1.54, 1.807) is 6.08 Å². The molecule has 118 valence electrons. The van der Waals surface area contributed by atoms with Crippen molar-refractivity contribution in [3.63, 3.8) is 0 Å². The smallest absolute Gasteiger partial charge is 0.317 e. The molecule has 0 bridgehead atoms. The third-order valence-electron chi connectivity index (χ3n) is 3.94. The maximum absolute atomic E-state index is 12.0. The summed E-state index contributed by atoms with van der Waals surface area (Å²) < 4.78 is 3.10. The first-order valence-electron chi connectivity index (χ1n) is 7.14. The molecular formula is C17H16BrN3O2. The van der Waals surface area contributed by atoms with Gasteiger partial charge >= 0.3 is 6.03 Å². The van der Waals surface area contributed by atoms with Crippen LogP contribution in [0.15, 0.2) is 40.5 Å². The summed E-state index contributed by atoms with van der Waals surface area (Å²) in [5.74, 6) is -0.319. The second-order valence-electron chi connectivity index (χ2n) is 5.47. The molecule has 0 saturated carbocycles. The van der Waals surface area contributed by atoms with E-state index in [9.17, 15) is 9.59 Å². The highest BCUT2D eigenvalue weighted by molar-refractivity contribution is 9.10. The van der Waals surface area contributed by atoms with Crippen LogP contribution in [-0.2, 0) is 4.79 Å². The highest BCUT2D eigenvalue weighted by atomic mass is 79.9. The van der Waals surface area contributed by atoms with Gasteiger partial charge in [-0.3, -0.25) is 9.69 Å². The number of carbonyl (C=O) groups is 2. The van der Waals surface area contributed by atoms with Gasteiger partial charge in [0.25, 0.3) is 5.91 Å². The standard InChI is InChI=1S/C17H16BrN3O2/c1-10-8-12(9-14-16(22)20(3)17(23)19-14)11(2)21(10)15-7-5-4-6-13(15)18/h4-9H,1-3H3,(H,19,23)/b14-9+. The number of halogens is 1. The summed E-state index contributed by atoms with van der Waals surface area (Å²) >= 11 is 3.57. The minimum absolute atomic E-state index is 0.296. The summed E-state index contributed by atoms with van der Waals surface area (Å²) in [5.41, 5.74) is 4.28. The van der Waals surface area contributed by atoms with Gasteiger partial charge in [0.1, 0.15) is 5.70 Å². The number of urea groups is 1. The van der Waals surface area contributed by atoms with Crippen LogP contribution in [-0.4, -0.2) is 28.5 Å². The summed E-state index contributed by atoms with van der Waals surface area (Å²) in [4.78, 5) is 24.6. The van der Waals surface area contributed by atoms with Gasteiger partial charge in [0, 0.05) is 22.9 Å². The van der Waals surface area contributed by atoms with Gasteiger partial charge in [0.2, 0.25) is 0 Å². The minimum Gasteiger partial charge on any atom is -0.317 e. The molecular weight excluding hydrogens is 358 g/mol. The third-order valence-corrected chi connectivity index (χ3v) is 4.62. The Morgan fingerprint density at radius 1 is 1.17 bits per heavy atom. The summed E-state index contributed by atoms with van der Waals surface area (Å²) in [6.45, 7) is 4.00. The van der Waals surface area contributed by atoms with Crippen molar-refractivity contribution >= 4 is 33.9 Å². The summed E-state index contributed by atoms with van der Waals surface area (Å²) in [6, 6.07) is 9.56. The van der Waals surface area contributed by atoms with Gasteiger partial charge in [-0.25, -0.2) is 4.79 Å². The normalized spacial score (nSPS) is 16.3. The average molecular weight is 374 g/mol. The van der Waals surface area contributed by atoms with Crippen molar-refractivity contribution in [3.8, 4) is 5.69 Å². The number of nitrogens with one attached hydrogen (secondary N) is 1. The summed E-state index contributed by atoms with van der Waals surface area (Å²) in [5, 5.41) is 2.59. The van der Waals surface area contributed by atoms with E-state index in [1.807, 2.05) is 44.2 Å². The number of nitrogens with zero attached hydrogens (tertiary/aromatic N) is 2. The Kier molecular flexibility index (Phi) is 3.85. The molecule has 1 saturated heterocycles. The van der Waals surface area contributed by atoms with Gasteiger partial charge in [-0.1, -0.05) is 12.1 Å². The van der Waals surface area contributed by atoms with Gasteiger partial charge in [-0.05, 0) is 59.6 Å². The van der Waals surface area contributed by atoms with Crippen LogP contribution >= 0.6 is 15.9 Å². The molecule has 6 heteroatoms. The highest BCUT2D eigenvalue weighted by Crippen LogP contribution is 2.28. The van der Waals surface area contributed by atoms with E-state index in [2.05, 4.69) is 25.8 Å². The van der Waals surface area contributed by atoms with Crippen molar-refractivity contribution in [1.29, 1.82) is 0 Å². The van der Waals surface area contributed by atoms with Gasteiger partial charge < -0.3 is 9.88 Å². The van der Waals surface area contributed by atoms with Crippen LogP contribution in [0.4, 0.5) is 4.79 Å². The van der Waals surface area contributed by atoms with Crippen LogP contribution in [0.3, 0.4) is 0 Å². The third kappa shape index (κ3) is 2.59. The Balaban J connectivity index is 2.08. The van der Waals surface area contributed by atoms with Crippen molar-refractivity contribution in [3.05, 3.63) is 57.5 Å². The molecule has 0 aliphatic carbocycles. The molecule has 1 fully saturated rings. The van der Waals surface area contributed by atoms with Crippen LogP contribution in [0.5, 0.6) is 0 Å². The molecule has 5 nitrogen and oxygen atoms in total. The molecule has 0 unspecified atom stereocenters. The Morgan fingerprint density at radius 2 is 1.87 bits per heavy atom. The van der Waals surface area contributed by atoms with Gasteiger partial charge in [-0.15, -0.1) is 0 Å². The quantitative estimate of drug-likeness (QED) is 0.647. The van der Waals surface area contributed by atoms with E-state index in [1.165, 1.54) is 7.05 Å². The highest BCUT2D eigenvalue weighted by Gasteiger charge is 2.30. The van der Waals surface area contributed by atoms with Crippen molar-refractivity contribution < 1.29 is 9.59 Å². The molecule has 0 spiro atoms. The predicted octanol–water partition coefficient (Wildman–Crippen LogP) is 3.38. The lowest BCUT2D eigenvalue weighted by Gasteiger charge is -2.11. The van der Waals surface area contributed by atoms with Gasteiger partial charge in [-0.2, -0.15) is 0 Å². The number of likely N-dealkylation sites (N-methyl/N-ethyl adjacent to an activating group) is 1.